The summed E-state index contributed by atoms with van der Waals surface area (Å²) in [6, 6.07) is 13.0. The number of H-pyrrole nitrogens is 1. The van der Waals surface area contributed by atoms with Gasteiger partial charge < -0.3 is 23.9 Å². The molecule has 0 radical (unpaired) electrons. The van der Waals surface area contributed by atoms with Crippen LogP contribution in [0.1, 0.15) is 18.1 Å². The Morgan fingerprint density at radius 2 is 1.93 bits per heavy atom. The monoisotopic (exact) mass is 379 g/mol. The fourth-order valence-electron chi connectivity index (χ4n) is 3.54. The van der Waals surface area contributed by atoms with Gasteiger partial charge in [-0.25, -0.2) is 0 Å². The van der Waals surface area contributed by atoms with Crippen LogP contribution in [0.15, 0.2) is 54.9 Å². The first kappa shape index (κ1) is 18.1. The van der Waals surface area contributed by atoms with E-state index < -0.39 is 5.79 Å². The van der Waals surface area contributed by atoms with E-state index in [1.807, 2.05) is 37.4 Å². The number of aromatic amines is 1. The molecule has 1 aromatic heterocycles. The van der Waals surface area contributed by atoms with Gasteiger partial charge >= 0.3 is 5.79 Å². The molecular weight excluding hydrogens is 358 g/mol. The topological polar surface area (TPSA) is 69.8 Å². The molecule has 2 aromatic carbocycles. The largest absolute Gasteiger partial charge is 0.497 e. The molecule has 1 aliphatic rings. The minimum Gasteiger partial charge on any atom is -0.497 e. The van der Waals surface area contributed by atoms with E-state index in [1.54, 1.807) is 25.3 Å². The van der Waals surface area contributed by atoms with Gasteiger partial charge in [-0.15, -0.1) is 0 Å². The average molecular weight is 379 g/mol. The molecule has 0 spiro atoms. The molecule has 1 unspecified atom stereocenters. The van der Waals surface area contributed by atoms with Crippen molar-refractivity contribution in [2.24, 2.45) is 0 Å². The number of rotatable bonds is 6. The molecule has 1 aliphatic heterocycles. The Labute approximate surface area is 162 Å². The molecule has 6 heteroatoms. The van der Waals surface area contributed by atoms with Crippen molar-refractivity contribution in [3.05, 3.63) is 66.1 Å². The molecule has 6 nitrogen and oxygen atoms in total. The predicted octanol–water partition coefficient (Wildman–Crippen LogP) is 4.01. The van der Waals surface area contributed by atoms with Gasteiger partial charge in [0.2, 0.25) is 5.78 Å². The number of carbonyl (C=O) groups is 1. The van der Waals surface area contributed by atoms with Crippen molar-refractivity contribution in [3.8, 4) is 11.5 Å². The van der Waals surface area contributed by atoms with Gasteiger partial charge in [0, 0.05) is 35.3 Å². The number of ketones is 1. The summed E-state index contributed by atoms with van der Waals surface area (Å²) in [6.07, 6.45) is 3.28. The van der Waals surface area contributed by atoms with Crippen LogP contribution in [-0.2, 0) is 20.1 Å². The standard InChI is InChI=1S/C22H21NO5/c1-4-27-22(18-10-9-14(25-2)11-20(18)26-3)21(24)17(13-28-22)16-12-23-19-8-6-5-7-15(16)19/h5-13,23H,4H2,1-3H3. The molecule has 0 saturated carbocycles. The number of methoxy groups -OCH3 is 2. The molecule has 0 saturated heterocycles. The van der Waals surface area contributed by atoms with Crippen molar-refractivity contribution in [1.82, 2.24) is 4.98 Å². The molecule has 0 bridgehead atoms. The van der Waals surface area contributed by atoms with E-state index in [4.69, 9.17) is 18.9 Å². The van der Waals surface area contributed by atoms with Crippen LogP contribution >= 0.6 is 0 Å². The summed E-state index contributed by atoms with van der Waals surface area (Å²) in [5, 5.41) is 0.944. The third kappa shape index (κ3) is 2.65. The average Bonchev–Trinajstić information content (AvgIpc) is 3.29. The normalized spacial score (nSPS) is 18.8. The van der Waals surface area contributed by atoms with Crippen LogP contribution < -0.4 is 9.47 Å². The minimum absolute atomic E-state index is 0.275. The summed E-state index contributed by atoms with van der Waals surface area (Å²) < 4.78 is 22.6. The van der Waals surface area contributed by atoms with Crippen LogP contribution in [-0.4, -0.2) is 31.6 Å². The summed E-state index contributed by atoms with van der Waals surface area (Å²) in [7, 11) is 3.10. The van der Waals surface area contributed by atoms with Crippen LogP contribution in [0.25, 0.3) is 16.5 Å². The SMILES string of the molecule is CCOC1(c2ccc(OC)cc2OC)OC=C(c2c[nH]c3ccccc23)C1=O. The molecule has 2 heterocycles. The molecule has 28 heavy (non-hydrogen) atoms. The number of para-hydroxylation sites is 1. The summed E-state index contributed by atoms with van der Waals surface area (Å²) >= 11 is 0. The number of hydrogen-bond donors (Lipinski definition) is 1. The van der Waals surface area contributed by atoms with E-state index in [1.165, 1.54) is 13.4 Å². The smallest absolute Gasteiger partial charge is 0.305 e. The Morgan fingerprint density at radius 3 is 2.68 bits per heavy atom. The van der Waals surface area contributed by atoms with Crippen molar-refractivity contribution in [3.63, 3.8) is 0 Å². The second-order valence-electron chi connectivity index (χ2n) is 6.34. The molecule has 0 fully saturated rings. The van der Waals surface area contributed by atoms with E-state index in [-0.39, 0.29) is 12.4 Å². The lowest BCUT2D eigenvalue weighted by Crippen LogP contribution is -2.37. The molecule has 4 rings (SSSR count). The number of ether oxygens (including phenoxy) is 4. The van der Waals surface area contributed by atoms with E-state index in [2.05, 4.69) is 4.98 Å². The first-order valence-electron chi connectivity index (χ1n) is 9.00. The number of carbonyl (C=O) groups excluding carboxylic acids is 1. The zero-order chi connectivity index (χ0) is 19.7. The Morgan fingerprint density at radius 1 is 1.11 bits per heavy atom. The Kier molecular flexibility index (Phi) is 4.57. The third-order valence-electron chi connectivity index (χ3n) is 4.88. The van der Waals surface area contributed by atoms with Gasteiger partial charge in [0.25, 0.3) is 0 Å². The molecule has 1 N–H and O–H groups in total. The highest BCUT2D eigenvalue weighted by Crippen LogP contribution is 2.45. The number of benzene rings is 2. The summed E-state index contributed by atoms with van der Waals surface area (Å²) in [6.45, 7) is 2.11. The van der Waals surface area contributed by atoms with Crippen LogP contribution in [0.2, 0.25) is 0 Å². The van der Waals surface area contributed by atoms with Gasteiger partial charge in [-0.05, 0) is 25.1 Å². The summed E-state index contributed by atoms with van der Waals surface area (Å²) in [5.74, 6) is -0.806. The number of fused-ring (bicyclic) bond motifs is 1. The van der Waals surface area contributed by atoms with Gasteiger partial charge in [-0.1, -0.05) is 18.2 Å². The predicted molar refractivity (Wildman–Crippen MR) is 105 cm³/mol. The van der Waals surface area contributed by atoms with E-state index >= 15 is 0 Å². The maximum Gasteiger partial charge on any atom is 0.305 e. The first-order valence-corrected chi connectivity index (χ1v) is 9.00. The van der Waals surface area contributed by atoms with Gasteiger partial charge in [-0.2, -0.15) is 0 Å². The van der Waals surface area contributed by atoms with Crippen molar-refractivity contribution in [2.45, 2.75) is 12.7 Å². The second-order valence-corrected chi connectivity index (χ2v) is 6.34. The maximum absolute atomic E-state index is 13.6. The minimum atomic E-state index is -1.60. The lowest BCUT2D eigenvalue weighted by atomic mass is 9.93. The number of aromatic nitrogens is 1. The molecule has 1 atom stereocenters. The molecule has 144 valence electrons. The molecule has 0 amide bonds. The van der Waals surface area contributed by atoms with Crippen molar-refractivity contribution >= 4 is 22.3 Å². The fourth-order valence-corrected chi connectivity index (χ4v) is 3.54. The van der Waals surface area contributed by atoms with E-state index in [0.29, 0.717) is 22.6 Å². The molecule has 0 aliphatic carbocycles. The van der Waals surface area contributed by atoms with Gasteiger partial charge in [0.15, 0.2) is 0 Å². The van der Waals surface area contributed by atoms with Crippen LogP contribution in [0.3, 0.4) is 0 Å². The lowest BCUT2D eigenvalue weighted by Gasteiger charge is -2.28. The van der Waals surface area contributed by atoms with Crippen LogP contribution in [0.5, 0.6) is 11.5 Å². The Balaban J connectivity index is 1.81. The van der Waals surface area contributed by atoms with Gasteiger partial charge in [-0.3, -0.25) is 4.79 Å². The van der Waals surface area contributed by atoms with E-state index in [0.717, 1.165) is 16.5 Å². The van der Waals surface area contributed by atoms with Gasteiger partial charge in [0.05, 0.1) is 31.6 Å². The zero-order valence-corrected chi connectivity index (χ0v) is 15.9. The molecular formula is C22H21NO5. The third-order valence-corrected chi connectivity index (χ3v) is 4.88. The Bertz CT molecular complexity index is 1070. The van der Waals surface area contributed by atoms with Crippen molar-refractivity contribution in [2.75, 3.05) is 20.8 Å². The summed E-state index contributed by atoms with van der Waals surface area (Å²) in [4.78, 5) is 16.8. The second kappa shape index (κ2) is 7.05. The quantitative estimate of drug-likeness (QED) is 0.701. The van der Waals surface area contributed by atoms with Crippen molar-refractivity contribution < 1.29 is 23.7 Å². The number of Topliss-reactive ketones (excluding diaryl/α,β-unsaturated/α-hetero) is 1. The first-order chi connectivity index (χ1) is 13.6. The van der Waals surface area contributed by atoms with Crippen LogP contribution in [0, 0.1) is 0 Å². The number of hydrogen-bond acceptors (Lipinski definition) is 5. The van der Waals surface area contributed by atoms with E-state index in [9.17, 15) is 4.79 Å². The van der Waals surface area contributed by atoms with Crippen molar-refractivity contribution in [1.29, 1.82) is 0 Å². The summed E-state index contributed by atoms with van der Waals surface area (Å²) in [5.41, 5.74) is 2.66. The fraction of sp³-hybridized carbons (Fsp3) is 0.227. The highest BCUT2D eigenvalue weighted by Gasteiger charge is 2.51. The maximum atomic E-state index is 13.6. The lowest BCUT2D eigenvalue weighted by molar-refractivity contribution is -0.201. The van der Waals surface area contributed by atoms with Crippen LogP contribution in [0.4, 0.5) is 0 Å². The molecule has 3 aromatic rings. The highest BCUT2D eigenvalue weighted by molar-refractivity contribution is 6.28. The van der Waals surface area contributed by atoms with Gasteiger partial charge in [0.1, 0.15) is 11.5 Å². The number of nitrogens with one attached hydrogen (secondary N) is 1. The zero-order valence-electron chi connectivity index (χ0n) is 15.9. The Hall–Kier alpha value is -3.25. The highest BCUT2D eigenvalue weighted by atomic mass is 16.7.